The number of rotatable bonds is 7. The number of esters is 1. The second kappa shape index (κ2) is 9.79. The minimum atomic E-state index is -0.321. The fourth-order valence-electron chi connectivity index (χ4n) is 2.33. The summed E-state index contributed by atoms with van der Waals surface area (Å²) in [5, 5.41) is 6.77. The number of benzene rings is 2. The lowest BCUT2D eigenvalue weighted by molar-refractivity contribution is 0.0526. The lowest BCUT2D eigenvalue weighted by atomic mass is 10.1. The molecule has 0 aliphatic rings. The molecular formula is C20H24N2O2S. The molecule has 2 rings (SSSR count). The summed E-state index contributed by atoms with van der Waals surface area (Å²) in [4.78, 5) is 11.6. The summed E-state index contributed by atoms with van der Waals surface area (Å²) in [5.41, 5.74) is 3.61. The Morgan fingerprint density at radius 1 is 0.960 bits per heavy atom. The van der Waals surface area contributed by atoms with Gasteiger partial charge in [-0.15, -0.1) is 0 Å². The topological polar surface area (TPSA) is 50.4 Å². The molecule has 0 radical (unpaired) electrons. The lowest BCUT2D eigenvalue weighted by Gasteiger charge is -2.11. The molecule has 0 fully saturated rings. The standard InChI is InChI=1S/C20H24N2O2S/c1-3-5-6-15-7-11-17(12-8-15)21-20(25)22-18-13-9-16(10-14-18)19(23)24-4-2/h7-14H,3-6H2,1-2H3,(H2,21,22,25). The van der Waals surface area contributed by atoms with Crippen molar-refractivity contribution in [3.63, 3.8) is 0 Å². The van der Waals surface area contributed by atoms with Crippen LogP contribution in [-0.4, -0.2) is 17.7 Å². The molecule has 132 valence electrons. The number of unbranched alkanes of at least 4 members (excludes halogenated alkanes) is 1. The Hall–Kier alpha value is -2.40. The van der Waals surface area contributed by atoms with E-state index < -0.39 is 0 Å². The van der Waals surface area contributed by atoms with Crippen LogP contribution in [0.2, 0.25) is 0 Å². The molecule has 0 aromatic heterocycles. The van der Waals surface area contributed by atoms with E-state index in [2.05, 4.69) is 29.7 Å². The first kappa shape index (κ1) is 18.9. The van der Waals surface area contributed by atoms with Gasteiger partial charge in [0.15, 0.2) is 5.11 Å². The van der Waals surface area contributed by atoms with Gasteiger partial charge in [-0.05, 0) is 73.9 Å². The predicted octanol–water partition coefficient (Wildman–Crippen LogP) is 5.01. The van der Waals surface area contributed by atoms with Gasteiger partial charge in [0.05, 0.1) is 12.2 Å². The molecule has 0 amide bonds. The van der Waals surface area contributed by atoms with E-state index in [0.717, 1.165) is 17.8 Å². The van der Waals surface area contributed by atoms with Gasteiger partial charge in [0.2, 0.25) is 0 Å². The maximum atomic E-state index is 11.6. The number of aryl methyl sites for hydroxylation is 1. The van der Waals surface area contributed by atoms with Crippen LogP contribution in [0.25, 0.3) is 0 Å². The van der Waals surface area contributed by atoms with Crippen molar-refractivity contribution in [2.45, 2.75) is 33.1 Å². The van der Waals surface area contributed by atoms with E-state index in [9.17, 15) is 4.79 Å². The second-order valence-corrected chi connectivity index (χ2v) is 6.09. The molecule has 5 heteroatoms. The van der Waals surface area contributed by atoms with Crippen molar-refractivity contribution in [2.75, 3.05) is 17.2 Å². The van der Waals surface area contributed by atoms with Gasteiger partial charge in [-0.25, -0.2) is 4.79 Å². The first-order valence-corrected chi connectivity index (χ1v) is 8.97. The molecule has 0 unspecified atom stereocenters. The molecule has 0 heterocycles. The number of carbonyl (C=O) groups excluding carboxylic acids is 1. The molecule has 0 spiro atoms. The van der Waals surface area contributed by atoms with Crippen LogP contribution in [0.1, 0.15) is 42.6 Å². The van der Waals surface area contributed by atoms with E-state index in [-0.39, 0.29) is 5.97 Å². The normalized spacial score (nSPS) is 10.2. The zero-order valence-corrected chi connectivity index (χ0v) is 15.5. The molecule has 2 aromatic rings. The van der Waals surface area contributed by atoms with Crippen molar-refractivity contribution in [3.05, 3.63) is 59.7 Å². The Labute approximate surface area is 154 Å². The zero-order valence-electron chi connectivity index (χ0n) is 14.7. The summed E-state index contributed by atoms with van der Waals surface area (Å²) in [7, 11) is 0. The fraction of sp³-hybridized carbons (Fsp3) is 0.300. The average molecular weight is 356 g/mol. The fourth-order valence-corrected chi connectivity index (χ4v) is 2.57. The molecule has 0 aliphatic heterocycles. The lowest BCUT2D eigenvalue weighted by Crippen LogP contribution is -2.19. The van der Waals surface area contributed by atoms with Crippen molar-refractivity contribution in [1.82, 2.24) is 0 Å². The number of nitrogens with one attached hydrogen (secondary N) is 2. The minimum Gasteiger partial charge on any atom is -0.462 e. The first-order chi connectivity index (χ1) is 12.1. The molecule has 2 aromatic carbocycles. The van der Waals surface area contributed by atoms with Gasteiger partial charge in [0.1, 0.15) is 0 Å². The quantitative estimate of drug-likeness (QED) is 0.539. The number of thiocarbonyl (C=S) groups is 1. The second-order valence-electron chi connectivity index (χ2n) is 5.68. The van der Waals surface area contributed by atoms with E-state index in [1.165, 1.54) is 18.4 Å². The van der Waals surface area contributed by atoms with E-state index in [1.54, 1.807) is 31.2 Å². The van der Waals surface area contributed by atoms with Gasteiger partial charge < -0.3 is 15.4 Å². The molecule has 2 N–H and O–H groups in total. The monoisotopic (exact) mass is 356 g/mol. The largest absolute Gasteiger partial charge is 0.462 e. The Balaban J connectivity index is 1.88. The highest BCUT2D eigenvalue weighted by Gasteiger charge is 2.06. The summed E-state index contributed by atoms with van der Waals surface area (Å²) in [5.74, 6) is -0.321. The molecule has 0 saturated carbocycles. The molecule has 0 atom stereocenters. The highest BCUT2D eigenvalue weighted by atomic mass is 32.1. The summed E-state index contributed by atoms with van der Waals surface area (Å²) >= 11 is 5.33. The molecule has 25 heavy (non-hydrogen) atoms. The van der Waals surface area contributed by atoms with Gasteiger partial charge in [-0.3, -0.25) is 0 Å². The summed E-state index contributed by atoms with van der Waals surface area (Å²) in [6.45, 7) is 4.34. The van der Waals surface area contributed by atoms with Crippen LogP contribution in [0.3, 0.4) is 0 Å². The Bertz CT molecular complexity index is 697. The zero-order chi connectivity index (χ0) is 18.1. The van der Waals surface area contributed by atoms with E-state index in [4.69, 9.17) is 17.0 Å². The molecule has 4 nitrogen and oxygen atoms in total. The third kappa shape index (κ3) is 6.19. The number of hydrogen-bond donors (Lipinski definition) is 2. The highest BCUT2D eigenvalue weighted by Crippen LogP contribution is 2.14. The van der Waals surface area contributed by atoms with Gasteiger partial charge >= 0.3 is 5.97 Å². The summed E-state index contributed by atoms with van der Waals surface area (Å²) in [6.07, 6.45) is 3.50. The van der Waals surface area contributed by atoms with E-state index >= 15 is 0 Å². The third-order valence-electron chi connectivity index (χ3n) is 3.68. The van der Waals surface area contributed by atoms with Crippen LogP contribution in [0.4, 0.5) is 11.4 Å². The summed E-state index contributed by atoms with van der Waals surface area (Å²) in [6, 6.07) is 15.3. The van der Waals surface area contributed by atoms with Crippen molar-refractivity contribution in [3.8, 4) is 0 Å². The predicted molar refractivity (Wildman–Crippen MR) is 107 cm³/mol. The SMILES string of the molecule is CCCCc1ccc(NC(=S)Nc2ccc(C(=O)OCC)cc2)cc1. The van der Waals surface area contributed by atoms with Crippen molar-refractivity contribution < 1.29 is 9.53 Å². The number of carbonyl (C=O) groups is 1. The van der Waals surface area contributed by atoms with Crippen LogP contribution in [0, 0.1) is 0 Å². The Kier molecular flexibility index (Phi) is 7.41. The number of hydrogen-bond acceptors (Lipinski definition) is 3. The average Bonchev–Trinajstić information content (AvgIpc) is 2.62. The van der Waals surface area contributed by atoms with Crippen molar-refractivity contribution in [2.24, 2.45) is 0 Å². The third-order valence-corrected chi connectivity index (χ3v) is 3.89. The maximum Gasteiger partial charge on any atom is 0.338 e. The van der Waals surface area contributed by atoms with Crippen LogP contribution in [-0.2, 0) is 11.2 Å². The smallest absolute Gasteiger partial charge is 0.338 e. The van der Waals surface area contributed by atoms with Crippen LogP contribution < -0.4 is 10.6 Å². The van der Waals surface area contributed by atoms with Crippen molar-refractivity contribution >= 4 is 34.7 Å². The van der Waals surface area contributed by atoms with E-state index in [1.807, 2.05) is 12.1 Å². The van der Waals surface area contributed by atoms with E-state index in [0.29, 0.717) is 17.3 Å². The molecule has 0 bridgehead atoms. The highest BCUT2D eigenvalue weighted by molar-refractivity contribution is 7.80. The van der Waals surface area contributed by atoms with Crippen LogP contribution in [0.5, 0.6) is 0 Å². The maximum absolute atomic E-state index is 11.6. The van der Waals surface area contributed by atoms with Gasteiger partial charge in [-0.1, -0.05) is 25.5 Å². The molecule has 0 aliphatic carbocycles. The van der Waals surface area contributed by atoms with Crippen molar-refractivity contribution in [1.29, 1.82) is 0 Å². The van der Waals surface area contributed by atoms with Crippen LogP contribution in [0.15, 0.2) is 48.5 Å². The number of ether oxygens (including phenoxy) is 1. The van der Waals surface area contributed by atoms with Crippen LogP contribution >= 0.6 is 12.2 Å². The minimum absolute atomic E-state index is 0.321. The van der Waals surface area contributed by atoms with Gasteiger partial charge in [0, 0.05) is 11.4 Å². The Morgan fingerprint density at radius 2 is 1.52 bits per heavy atom. The molecular weight excluding hydrogens is 332 g/mol. The molecule has 0 saturated heterocycles. The number of anilines is 2. The Morgan fingerprint density at radius 3 is 2.04 bits per heavy atom. The first-order valence-electron chi connectivity index (χ1n) is 8.56. The van der Waals surface area contributed by atoms with Gasteiger partial charge in [-0.2, -0.15) is 0 Å². The summed E-state index contributed by atoms with van der Waals surface area (Å²) < 4.78 is 4.96. The van der Waals surface area contributed by atoms with Gasteiger partial charge in [0.25, 0.3) is 0 Å².